The van der Waals surface area contributed by atoms with E-state index < -0.39 is 22.1 Å². The average Bonchev–Trinajstić information content (AvgIpc) is 2.34. The third kappa shape index (κ3) is 6.50. The minimum Gasteiger partial charge on any atom is -0.481 e. The highest BCUT2D eigenvalue weighted by molar-refractivity contribution is 7.86. The first-order valence-corrected chi connectivity index (χ1v) is 7.07. The zero-order valence-corrected chi connectivity index (χ0v) is 12.1. The summed E-state index contributed by atoms with van der Waals surface area (Å²) < 4.78 is 30.4. The zero-order chi connectivity index (χ0) is 15.1. The van der Waals surface area contributed by atoms with E-state index in [-0.39, 0.29) is 25.9 Å². The quantitative estimate of drug-likeness (QED) is 0.576. The lowest BCUT2D eigenvalue weighted by Gasteiger charge is -2.23. The van der Waals surface area contributed by atoms with Gasteiger partial charge in [-0.15, -0.1) is 0 Å². The number of methoxy groups -OCH3 is 1. The third-order valence-electron chi connectivity index (χ3n) is 2.51. The van der Waals surface area contributed by atoms with Gasteiger partial charge in [-0.25, -0.2) is 0 Å². The summed E-state index contributed by atoms with van der Waals surface area (Å²) in [5.74, 6) is -1.46. The summed E-state index contributed by atoms with van der Waals surface area (Å²) in [4.78, 5) is 21.3. The Hall–Kier alpha value is -1.19. The van der Waals surface area contributed by atoms with Gasteiger partial charge in [-0.3, -0.25) is 9.59 Å². The molecule has 8 nitrogen and oxygen atoms in total. The van der Waals surface area contributed by atoms with Crippen LogP contribution in [0.5, 0.6) is 0 Å². The van der Waals surface area contributed by atoms with Crippen LogP contribution in [0.1, 0.15) is 19.3 Å². The molecule has 0 spiro atoms. The van der Waals surface area contributed by atoms with Crippen LogP contribution < -0.4 is 0 Å². The van der Waals surface area contributed by atoms with Crippen molar-refractivity contribution in [2.75, 3.05) is 34.3 Å². The van der Waals surface area contributed by atoms with Crippen molar-refractivity contribution in [3.05, 3.63) is 0 Å². The standard InChI is InChI=1S/C10H20N2O6S/c1-11(7-4-5-10(15)18-3)19(16,17)12(2)8-6-9(13)14/h4-8H2,1-3H3,(H,13,14). The van der Waals surface area contributed by atoms with Crippen LogP contribution in [0, 0.1) is 0 Å². The number of carboxylic acid groups (broad SMARTS) is 1. The number of nitrogens with zero attached hydrogens (tertiary/aromatic N) is 2. The van der Waals surface area contributed by atoms with Gasteiger partial charge in [0.1, 0.15) is 0 Å². The Morgan fingerprint density at radius 1 is 1.11 bits per heavy atom. The molecular weight excluding hydrogens is 276 g/mol. The van der Waals surface area contributed by atoms with Crippen molar-refractivity contribution < 1.29 is 27.9 Å². The summed E-state index contributed by atoms with van der Waals surface area (Å²) >= 11 is 0. The molecule has 1 N–H and O–H groups in total. The fraction of sp³-hybridized carbons (Fsp3) is 0.800. The molecule has 0 fully saturated rings. The SMILES string of the molecule is COC(=O)CCCN(C)S(=O)(=O)N(C)CCC(=O)O. The van der Waals surface area contributed by atoms with Gasteiger partial charge in [-0.05, 0) is 6.42 Å². The molecule has 112 valence electrons. The number of hydrogen-bond donors (Lipinski definition) is 1. The van der Waals surface area contributed by atoms with Gasteiger partial charge in [0.2, 0.25) is 0 Å². The highest BCUT2D eigenvalue weighted by Crippen LogP contribution is 2.06. The van der Waals surface area contributed by atoms with E-state index >= 15 is 0 Å². The molecule has 0 saturated carbocycles. The molecule has 0 aliphatic carbocycles. The van der Waals surface area contributed by atoms with E-state index in [0.29, 0.717) is 6.42 Å². The maximum Gasteiger partial charge on any atom is 0.305 e. The van der Waals surface area contributed by atoms with E-state index in [9.17, 15) is 18.0 Å². The smallest absolute Gasteiger partial charge is 0.305 e. The van der Waals surface area contributed by atoms with Gasteiger partial charge in [-0.1, -0.05) is 0 Å². The van der Waals surface area contributed by atoms with Gasteiger partial charge in [0.05, 0.1) is 13.5 Å². The first-order chi connectivity index (χ1) is 8.71. The van der Waals surface area contributed by atoms with Gasteiger partial charge < -0.3 is 9.84 Å². The topological polar surface area (TPSA) is 104 Å². The molecule has 0 rings (SSSR count). The largest absolute Gasteiger partial charge is 0.481 e. The van der Waals surface area contributed by atoms with Crippen LogP contribution in [0.4, 0.5) is 0 Å². The highest BCUT2D eigenvalue weighted by atomic mass is 32.2. The van der Waals surface area contributed by atoms with Gasteiger partial charge in [0.25, 0.3) is 10.2 Å². The van der Waals surface area contributed by atoms with E-state index in [1.54, 1.807) is 0 Å². The number of rotatable bonds is 9. The van der Waals surface area contributed by atoms with E-state index in [4.69, 9.17) is 5.11 Å². The Morgan fingerprint density at radius 2 is 1.63 bits per heavy atom. The molecule has 0 aromatic heterocycles. The summed E-state index contributed by atoms with van der Waals surface area (Å²) in [5.41, 5.74) is 0. The molecule has 0 amide bonds. The molecule has 9 heteroatoms. The normalized spacial score (nSPS) is 11.8. The molecule has 19 heavy (non-hydrogen) atoms. The highest BCUT2D eigenvalue weighted by Gasteiger charge is 2.23. The summed E-state index contributed by atoms with van der Waals surface area (Å²) in [7, 11) is 0.272. The van der Waals surface area contributed by atoms with E-state index in [1.165, 1.54) is 21.2 Å². The van der Waals surface area contributed by atoms with Crippen molar-refractivity contribution in [2.24, 2.45) is 0 Å². The van der Waals surface area contributed by atoms with Gasteiger partial charge in [-0.2, -0.15) is 17.0 Å². The molecule has 0 aliphatic heterocycles. The van der Waals surface area contributed by atoms with Crippen molar-refractivity contribution in [1.82, 2.24) is 8.61 Å². The lowest BCUT2D eigenvalue weighted by atomic mass is 10.3. The van der Waals surface area contributed by atoms with Crippen molar-refractivity contribution in [1.29, 1.82) is 0 Å². The maximum absolute atomic E-state index is 11.9. The molecule has 0 saturated heterocycles. The minimum absolute atomic E-state index is 0.0982. The van der Waals surface area contributed by atoms with E-state index in [0.717, 1.165) is 8.61 Å². The van der Waals surface area contributed by atoms with Crippen LogP contribution in [0.25, 0.3) is 0 Å². The van der Waals surface area contributed by atoms with Crippen molar-refractivity contribution in [2.45, 2.75) is 19.3 Å². The van der Waals surface area contributed by atoms with E-state index in [1.807, 2.05) is 0 Å². The van der Waals surface area contributed by atoms with Crippen molar-refractivity contribution >= 4 is 22.1 Å². The number of carbonyl (C=O) groups is 2. The molecular formula is C10H20N2O6S. The first-order valence-electron chi connectivity index (χ1n) is 5.68. The third-order valence-corrected chi connectivity index (χ3v) is 4.45. The summed E-state index contributed by atoms with van der Waals surface area (Å²) in [5, 5.41) is 8.51. The lowest BCUT2D eigenvalue weighted by molar-refractivity contribution is -0.141. The number of esters is 1. The second kappa shape index (κ2) is 8.08. The number of aliphatic carboxylic acids is 1. The predicted molar refractivity (Wildman–Crippen MR) is 67.7 cm³/mol. The monoisotopic (exact) mass is 296 g/mol. The van der Waals surface area contributed by atoms with Crippen LogP contribution in [-0.2, 0) is 24.5 Å². The Balaban J connectivity index is 4.30. The second-order valence-electron chi connectivity index (χ2n) is 3.97. The fourth-order valence-corrected chi connectivity index (χ4v) is 2.43. The van der Waals surface area contributed by atoms with E-state index in [2.05, 4.69) is 4.74 Å². The molecule has 0 radical (unpaired) electrons. The van der Waals surface area contributed by atoms with Crippen molar-refractivity contribution in [3.63, 3.8) is 0 Å². The number of ether oxygens (including phenoxy) is 1. The van der Waals surface area contributed by atoms with Gasteiger partial charge in [0.15, 0.2) is 0 Å². The Bertz CT molecular complexity index is 408. The molecule has 0 aliphatic rings. The molecule has 0 heterocycles. The Kier molecular flexibility index (Phi) is 7.57. The van der Waals surface area contributed by atoms with Crippen LogP contribution in [0.3, 0.4) is 0 Å². The number of hydrogen-bond acceptors (Lipinski definition) is 5. The lowest BCUT2D eigenvalue weighted by Crippen LogP contribution is -2.41. The van der Waals surface area contributed by atoms with Gasteiger partial charge in [0, 0.05) is 33.6 Å². The average molecular weight is 296 g/mol. The van der Waals surface area contributed by atoms with Gasteiger partial charge >= 0.3 is 11.9 Å². The van der Waals surface area contributed by atoms with Crippen LogP contribution >= 0.6 is 0 Å². The number of carboxylic acids is 1. The molecule has 0 aromatic carbocycles. The predicted octanol–water partition coefficient (Wildman–Crippen LogP) is -0.477. The first kappa shape index (κ1) is 17.8. The Labute approximate surface area is 113 Å². The summed E-state index contributed by atoms with van der Waals surface area (Å²) in [6, 6.07) is 0. The molecule has 0 aromatic rings. The number of carbonyl (C=O) groups excluding carboxylic acids is 1. The van der Waals surface area contributed by atoms with Crippen LogP contribution in [0.15, 0.2) is 0 Å². The molecule has 0 unspecified atom stereocenters. The molecule has 0 bridgehead atoms. The summed E-state index contributed by atoms with van der Waals surface area (Å²) in [6.07, 6.45) is 0.218. The zero-order valence-electron chi connectivity index (χ0n) is 11.3. The summed E-state index contributed by atoms with van der Waals surface area (Å²) in [6.45, 7) is 0.0633. The minimum atomic E-state index is -3.69. The fourth-order valence-electron chi connectivity index (χ4n) is 1.27. The van der Waals surface area contributed by atoms with Crippen molar-refractivity contribution in [3.8, 4) is 0 Å². The second-order valence-corrected chi connectivity index (χ2v) is 6.12. The Morgan fingerprint density at radius 3 is 2.11 bits per heavy atom. The molecule has 0 atom stereocenters. The van der Waals surface area contributed by atoms with Crippen LogP contribution in [0.2, 0.25) is 0 Å². The van der Waals surface area contributed by atoms with Crippen LogP contribution in [-0.4, -0.2) is 68.4 Å². The maximum atomic E-state index is 11.9.